The highest BCUT2D eigenvalue weighted by molar-refractivity contribution is 9.09. The molecule has 0 saturated carbocycles. The van der Waals surface area contributed by atoms with Crippen LogP contribution in [0.3, 0.4) is 0 Å². The summed E-state index contributed by atoms with van der Waals surface area (Å²) < 4.78 is 32.6. The van der Waals surface area contributed by atoms with E-state index in [0.717, 1.165) is 10.7 Å². The van der Waals surface area contributed by atoms with Crippen LogP contribution >= 0.6 is 15.9 Å². The fraction of sp³-hybridized carbons (Fsp3) is 0.357. The summed E-state index contributed by atoms with van der Waals surface area (Å²) in [6.07, 6.45) is 3.89. The molecule has 2 rings (SSSR count). The Hall–Kier alpha value is -1.02. The van der Waals surface area contributed by atoms with Crippen LogP contribution in [0.4, 0.5) is 0 Å². The van der Waals surface area contributed by atoms with Gasteiger partial charge in [0.1, 0.15) is 0 Å². The van der Waals surface area contributed by atoms with Gasteiger partial charge in [-0.3, -0.25) is 4.98 Å². The fourth-order valence-electron chi connectivity index (χ4n) is 1.94. The molecule has 1 aromatic carbocycles. The molecule has 5 nitrogen and oxygen atoms in total. The molecule has 0 spiro atoms. The normalized spacial score (nSPS) is 11.9. The van der Waals surface area contributed by atoms with Gasteiger partial charge >= 0.3 is 0 Å². The van der Waals surface area contributed by atoms with Gasteiger partial charge in [-0.1, -0.05) is 28.1 Å². The summed E-state index contributed by atoms with van der Waals surface area (Å²) in [5.74, 6) is 0. The zero-order valence-corrected chi connectivity index (χ0v) is 13.9. The summed E-state index contributed by atoms with van der Waals surface area (Å²) in [6, 6.07) is 6.88. The van der Waals surface area contributed by atoms with Gasteiger partial charge in [0.25, 0.3) is 0 Å². The molecule has 0 saturated heterocycles. The van der Waals surface area contributed by atoms with Crippen molar-refractivity contribution in [1.82, 2.24) is 9.71 Å². The maximum absolute atomic E-state index is 12.4. The number of pyridine rings is 1. The summed E-state index contributed by atoms with van der Waals surface area (Å²) in [6.45, 7) is 1.52. The van der Waals surface area contributed by atoms with Crippen molar-refractivity contribution < 1.29 is 13.2 Å². The molecule has 2 aromatic rings. The number of halogens is 1. The molecule has 1 aromatic heterocycles. The van der Waals surface area contributed by atoms with Gasteiger partial charge in [0.15, 0.2) is 0 Å². The van der Waals surface area contributed by atoms with Gasteiger partial charge in [-0.05, 0) is 18.6 Å². The van der Waals surface area contributed by atoms with Gasteiger partial charge in [0, 0.05) is 41.6 Å². The molecule has 21 heavy (non-hydrogen) atoms. The van der Waals surface area contributed by atoms with Gasteiger partial charge in [0.2, 0.25) is 10.0 Å². The van der Waals surface area contributed by atoms with Gasteiger partial charge in [-0.2, -0.15) is 0 Å². The molecule has 114 valence electrons. The predicted molar refractivity (Wildman–Crippen MR) is 86.2 cm³/mol. The number of aromatic nitrogens is 1. The van der Waals surface area contributed by atoms with E-state index >= 15 is 0 Å². The van der Waals surface area contributed by atoms with Gasteiger partial charge < -0.3 is 4.74 Å². The van der Waals surface area contributed by atoms with Crippen molar-refractivity contribution in [3.63, 3.8) is 0 Å². The van der Waals surface area contributed by atoms with Crippen LogP contribution in [0, 0.1) is 0 Å². The van der Waals surface area contributed by atoms with Crippen LogP contribution in [-0.4, -0.2) is 38.5 Å². The van der Waals surface area contributed by atoms with Crippen LogP contribution in [0.25, 0.3) is 10.8 Å². The lowest BCUT2D eigenvalue weighted by molar-refractivity contribution is 0.149. The monoisotopic (exact) mass is 372 g/mol. The van der Waals surface area contributed by atoms with Crippen molar-refractivity contribution in [1.29, 1.82) is 0 Å². The topological polar surface area (TPSA) is 68.3 Å². The van der Waals surface area contributed by atoms with Crippen molar-refractivity contribution in [2.45, 2.75) is 11.3 Å². The highest BCUT2D eigenvalue weighted by atomic mass is 79.9. The van der Waals surface area contributed by atoms with E-state index in [4.69, 9.17) is 4.74 Å². The molecule has 1 N–H and O–H groups in total. The zero-order chi connectivity index (χ0) is 15.1. The molecule has 0 amide bonds. The lowest BCUT2D eigenvalue weighted by Gasteiger charge is -2.09. The lowest BCUT2D eigenvalue weighted by atomic mass is 10.2. The fourth-order valence-corrected chi connectivity index (χ4v) is 3.47. The largest absolute Gasteiger partial charge is 0.381 e. The Morgan fingerprint density at radius 1 is 1.24 bits per heavy atom. The lowest BCUT2D eigenvalue weighted by Crippen LogP contribution is -2.25. The smallest absolute Gasteiger partial charge is 0.241 e. The minimum absolute atomic E-state index is 0.281. The summed E-state index contributed by atoms with van der Waals surface area (Å²) >= 11 is 3.26. The molecule has 0 aliphatic carbocycles. The zero-order valence-electron chi connectivity index (χ0n) is 11.5. The van der Waals surface area contributed by atoms with Crippen LogP contribution in [0.5, 0.6) is 0 Å². The number of nitrogens with one attached hydrogen (secondary N) is 1. The highest BCUT2D eigenvalue weighted by Crippen LogP contribution is 2.21. The Labute approximate surface area is 132 Å². The molecule has 0 unspecified atom stereocenters. The number of hydrogen-bond donors (Lipinski definition) is 1. The van der Waals surface area contributed by atoms with E-state index < -0.39 is 10.0 Å². The van der Waals surface area contributed by atoms with Gasteiger partial charge in [0.05, 0.1) is 11.5 Å². The third-order valence-corrected chi connectivity index (χ3v) is 4.75. The standard InChI is InChI=1S/C14H17BrN2O3S/c15-6-10-20-9-2-7-17-21(18,19)14-4-1-3-12-11-16-8-5-13(12)14/h1,3-5,8,11,17H,2,6-7,9-10H2. The first-order valence-corrected chi connectivity index (χ1v) is 9.22. The number of nitrogens with zero attached hydrogens (tertiary/aromatic N) is 1. The van der Waals surface area contributed by atoms with E-state index in [2.05, 4.69) is 25.6 Å². The summed E-state index contributed by atoms with van der Waals surface area (Å²) in [5, 5.41) is 2.26. The number of alkyl halides is 1. The third kappa shape index (κ3) is 4.47. The first-order valence-electron chi connectivity index (χ1n) is 6.61. The number of rotatable bonds is 8. The minimum atomic E-state index is -3.52. The molecule has 0 atom stereocenters. The molecule has 0 fully saturated rings. The Bertz CT molecular complexity index is 686. The van der Waals surface area contributed by atoms with E-state index in [1.54, 1.807) is 30.6 Å². The quantitative estimate of drug-likeness (QED) is 0.570. The van der Waals surface area contributed by atoms with Crippen molar-refractivity contribution in [3.8, 4) is 0 Å². The predicted octanol–water partition coefficient (Wildman–Crippen LogP) is 2.31. The van der Waals surface area contributed by atoms with Crippen LogP contribution in [0.1, 0.15) is 6.42 Å². The van der Waals surface area contributed by atoms with E-state index in [-0.39, 0.29) is 4.90 Å². The first-order chi connectivity index (χ1) is 10.1. The number of sulfonamides is 1. The number of ether oxygens (including phenoxy) is 1. The van der Waals surface area contributed by atoms with E-state index in [1.165, 1.54) is 0 Å². The Morgan fingerprint density at radius 3 is 2.90 bits per heavy atom. The second-order valence-corrected chi connectivity index (χ2v) is 6.93. The van der Waals surface area contributed by atoms with E-state index in [9.17, 15) is 8.42 Å². The van der Waals surface area contributed by atoms with E-state index in [0.29, 0.717) is 31.6 Å². The molecule has 1 heterocycles. The Morgan fingerprint density at radius 2 is 2.10 bits per heavy atom. The average molecular weight is 373 g/mol. The van der Waals surface area contributed by atoms with Crippen LogP contribution < -0.4 is 4.72 Å². The third-order valence-electron chi connectivity index (χ3n) is 2.91. The SMILES string of the molecule is O=S(=O)(NCCCOCCBr)c1cccc2cnccc12. The highest BCUT2D eigenvalue weighted by Gasteiger charge is 2.16. The van der Waals surface area contributed by atoms with Crippen molar-refractivity contribution in [2.75, 3.05) is 25.1 Å². The molecule has 0 aliphatic rings. The maximum atomic E-state index is 12.4. The van der Waals surface area contributed by atoms with Crippen molar-refractivity contribution >= 4 is 36.7 Å². The second-order valence-electron chi connectivity index (χ2n) is 4.41. The minimum Gasteiger partial charge on any atom is -0.381 e. The molecule has 0 aliphatic heterocycles. The molecular formula is C14H17BrN2O3S. The molecule has 7 heteroatoms. The molecular weight excluding hydrogens is 356 g/mol. The van der Waals surface area contributed by atoms with Crippen LogP contribution in [-0.2, 0) is 14.8 Å². The second kappa shape index (κ2) is 7.84. The summed E-state index contributed by atoms with van der Waals surface area (Å²) in [7, 11) is -3.52. The van der Waals surface area contributed by atoms with Gasteiger partial charge in [-0.15, -0.1) is 0 Å². The van der Waals surface area contributed by atoms with E-state index in [1.807, 2.05) is 6.07 Å². The number of hydrogen-bond acceptors (Lipinski definition) is 4. The van der Waals surface area contributed by atoms with Crippen molar-refractivity contribution in [2.24, 2.45) is 0 Å². The Balaban J connectivity index is 2.05. The summed E-state index contributed by atoms with van der Waals surface area (Å²) in [4.78, 5) is 4.29. The van der Waals surface area contributed by atoms with Crippen LogP contribution in [0.2, 0.25) is 0 Å². The maximum Gasteiger partial charge on any atom is 0.241 e. The van der Waals surface area contributed by atoms with Gasteiger partial charge in [-0.25, -0.2) is 13.1 Å². The first kappa shape index (κ1) is 16.4. The molecule has 0 bridgehead atoms. The number of fused-ring (bicyclic) bond motifs is 1. The summed E-state index contributed by atoms with van der Waals surface area (Å²) in [5.41, 5.74) is 0. The van der Waals surface area contributed by atoms with Crippen molar-refractivity contribution in [3.05, 3.63) is 36.7 Å². The number of benzene rings is 1. The average Bonchev–Trinajstić information content (AvgIpc) is 2.50. The van der Waals surface area contributed by atoms with Crippen LogP contribution in [0.15, 0.2) is 41.6 Å². The Kier molecular flexibility index (Phi) is 6.10. The molecule has 0 radical (unpaired) electrons.